The molecule has 0 saturated carbocycles. The molecule has 1 aliphatic rings. The van der Waals surface area contributed by atoms with Gasteiger partial charge >= 0.3 is 6.18 Å². The van der Waals surface area contributed by atoms with Gasteiger partial charge in [0.05, 0.1) is 17.8 Å². The van der Waals surface area contributed by atoms with Gasteiger partial charge in [0.25, 0.3) is 0 Å². The van der Waals surface area contributed by atoms with Gasteiger partial charge in [-0.05, 0) is 30.5 Å². The molecule has 3 nitrogen and oxygen atoms in total. The summed E-state index contributed by atoms with van der Waals surface area (Å²) in [6.07, 6.45) is 0.997. The summed E-state index contributed by atoms with van der Waals surface area (Å²) in [6.45, 7) is 1.65. The van der Waals surface area contributed by atoms with Gasteiger partial charge in [-0.15, -0.1) is 0 Å². The number of nitrogens with zero attached hydrogens (tertiary/aromatic N) is 3. The summed E-state index contributed by atoms with van der Waals surface area (Å²) >= 11 is 0. The van der Waals surface area contributed by atoms with Gasteiger partial charge in [-0.3, -0.25) is 4.68 Å². The zero-order valence-corrected chi connectivity index (χ0v) is 11.3. The van der Waals surface area contributed by atoms with E-state index < -0.39 is 11.7 Å². The smallest absolute Gasteiger partial charge is 0.269 e. The Labute approximate surface area is 120 Å². The maximum absolute atomic E-state index is 12.7. The highest BCUT2D eigenvalue weighted by Gasteiger charge is 2.30. The van der Waals surface area contributed by atoms with Crippen molar-refractivity contribution >= 4 is 0 Å². The van der Waals surface area contributed by atoms with Crippen molar-refractivity contribution < 1.29 is 13.2 Å². The highest BCUT2D eigenvalue weighted by atomic mass is 19.4. The molecule has 111 valence electrons. The first-order chi connectivity index (χ1) is 10.0. The highest BCUT2D eigenvalue weighted by Crippen LogP contribution is 2.32. The van der Waals surface area contributed by atoms with Gasteiger partial charge in [-0.2, -0.15) is 18.3 Å². The lowest BCUT2D eigenvalue weighted by Crippen LogP contribution is -2.24. The van der Waals surface area contributed by atoms with Gasteiger partial charge in [0, 0.05) is 24.8 Å². The Morgan fingerprint density at radius 3 is 2.57 bits per heavy atom. The molecule has 1 saturated heterocycles. The first kappa shape index (κ1) is 14.1. The number of alkyl halides is 3. The van der Waals surface area contributed by atoms with Crippen LogP contribution in [0.25, 0.3) is 11.1 Å². The van der Waals surface area contributed by atoms with Crippen molar-refractivity contribution in [3.63, 3.8) is 0 Å². The number of halogens is 3. The average Bonchev–Trinajstić information content (AvgIpc) is 2.97. The SMILES string of the molecule is FC(F)(F)c1cccc(-c2cnn(C3CC[N]CC3)c2)c1. The first-order valence-electron chi connectivity index (χ1n) is 6.89. The van der Waals surface area contributed by atoms with Crippen molar-refractivity contribution in [2.75, 3.05) is 13.1 Å². The van der Waals surface area contributed by atoms with E-state index in [0.717, 1.165) is 38.1 Å². The van der Waals surface area contributed by atoms with Crippen LogP contribution >= 0.6 is 0 Å². The molecule has 1 fully saturated rings. The lowest BCUT2D eigenvalue weighted by Gasteiger charge is -2.21. The molecule has 2 heterocycles. The third-order valence-electron chi connectivity index (χ3n) is 3.74. The van der Waals surface area contributed by atoms with Crippen molar-refractivity contribution in [2.45, 2.75) is 25.1 Å². The molecule has 0 spiro atoms. The molecule has 1 aromatic carbocycles. The molecule has 3 rings (SSSR count). The summed E-state index contributed by atoms with van der Waals surface area (Å²) in [6, 6.07) is 5.64. The molecule has 0 bridgehead atoms. The normalized spacial score (nSPS) is 17.1. The average molecular weight is 294 g/mol. The quantitative estimate of drug-likeness (QED) is 0.834. The predicted molar refractivity (Wildman–Crippen MR) is 72.8 cm³/mol. The standard InChI is InChI=1S/C15H15F3N3/c16-15(17,18)13-3-1-2-11(8-13)12-9-20-21(10-12)14-4-6-19-7-5-14/h1-3,8-10,14H,4-7H2. The minimum Gasteiger partial charge on any atom is -0.269 e. The second-order valence-electron chi connectivity index (χ2n) is 5.19. The van der Waals surface area contributed by atoms with Crippen LogP contribution in [0.1, 0.15) is 24.4 Å². The topological polar surface area (TPSA) is 31.9 Å². The Balaban J connectivity index is 1.86. The third-order valence-corrected chi connectivity index (χ3v) is 3.74. The lowest BCUT2D eigenvalue weighted by atomic mass is 10.1. The van der Waals surface area contributed by atoms with Crippen molar-refractivity contribution in [1.82, 2.24) is 15.1 Å². The van der Waals surface area contributed by atoms with Crippen LogP contribution in [-0.2, 0) is 6.18 Å². The molecule has 2 aromatic rings. The van der Waals surface area contributed by atoms with Gasteiger partial charge < -0.3 is 0 Å². The fraction of sp³-hybridized carbons (Fsp3) is 0.400. The molecule has 21 heavy (non-hydrogen) atoms. The zero-order chi connectivity index (χ0) is 14.9. The van der Waals surface area contributed by atoms with Crippen molar-refractivity contribution in [2.24, 2.45) is 0 Å². The van der Waals surface area contributed by atoms with Crippen molar-refractivity contribution in [3.8, 4) is 11.1 Å². The lowest BCUT2D eigenvalue weighted by molar-refractivity contribution is -0.137. The van der Waals surface area contributed by atoms with E-state index >= 15 is 0 Å². The van der Waals surface area contributed by atoms with Gasteiger partial charge in [0.2, 0.25) is 0 Å². The van der Waals surface area contributed by atoms with Crippen LogP contribution in [0.15, 0.2) is 36.7 Å². The van der Waals surface area contributed by atoms with Gasteiger partial charge in [-0.25, -0.2) is 5.32 Å². The number of aromatic nitrogens is 2. The summed E-state index contributed by atoms with van der Waals surface area (Å²) in [5.74, 6) is 0. The van der Waals surface area contributed by atoms with E-state index in [4.69, 9.17) is 0 Å². The fourth-order valence-electron chi connectivity index (χ4n) is 2.56. The fourth-order valence-corrected chi connectivity index (χ4v) is 2.56. The van der Waals surface area contributed by atoms with Crippen LogP contribution in [0, 0.1) is 0 Å². The predicted octanol–water partition coefficient (Wildman–Crippen LogP) is 3.51. The Kier molecular flexibility index (Phi) is 3.71. The molecule has 0 atom stereocenters. The Morgan fingerprint density at radius 2 is 1.86 bits per heavy atom. The number of piperidine rings is 1. The van der Waals surface area contributed by atoms with Crippen LogP contribution in [-0.4, -0.2) is 22.9 Å². The molecule has 6 heteroatoms. The minimum absolute atomic E-state index is 0.294. The van der Waals surface area contributed by atoms with E-state index in [-0.39, 0.29) is 0 Å². The van der Waals surface area contributed by atoms with Crippen molar-refractivity contribution in [1.29, 1.82) is 0 Å². The zero-order valence-electron chi connectivity index (χ0n) is 11.3. The second-order valence-corrected chi connectivity index (χ2v) is 5.19. The molecule has 1 radical (unpaired) electrons. The Hall–Kier alpha value is -1.82. The summed E-state index contributed by atoms with van der Waals surface area (Å²) < 4.78 is 40.1. The van der Waals surface area contributed by atoms with E-state index in [9.17, 15) is 13.2 Å². The van der Waals surface area contributed by atoms with Crippen LogP contribution in [0.2, 0.25) is 0 Å². The van der Waals surface area contributed by atoms with E-state index in [1.54, 1.807) is 12.3 Å². The number of hydrogen-bond acceptors (Lipinski definition) is 1. The van der Waals surface area contributed by atoms with Crippen LogP contribution in [0.3, 0.4) is 0 Å². The Bertz CT molecular complexity index is 613. The van der Waals surface area contributed by atoms with E-state index in [1.165, 1.54) is 6.07 Å². The largest absolute Gasteiger partial charge is 0.416 e. The maximum Gasteiger partial charge on any atom is 0.416 e. The van der Waals surface area contributed by atoms with Gasteiger partial charge in [0.1, 0.15) is 0 Å². The monoisotopic (exact) mass is 294 g/mol. The van der Waals surface area contributed by atoms with Crippen LogP contribution in [0.5, 0.6) is 0 Å². The van der Waals surface area contributed by atoms with Gasteiger partial charge in [0.15, 0.2) is 0 Å². The maximum atomic E-state index is 12.7. The molecule has 1 aliphatic heterocycles. The van der Waals surface area contributed by atoms with Crippen LogP contribution in [0.4, 0.5) is 13.2 Å². The molecule has 0 aliphatic carbocycles. The molecule has 1 aromatic heterocycles. The summed E-state index contributed by atoms with van der Waals surface area (Å²) in [5, 5.41) is 8.59. The molecule has 0 amide bonds. The number of hydrogen-bond donors (Lipinski definition) is 0. The number of benzene rings is 1. The van der Waals surface area contributed by atoms with E-state index in [0.29, 0.717) is 17.2 Å². The van der Waals surface area contributed by atoms with Gasteiger partial charge in [-0.1, -0.05) is 12.1 Å². The molecular formula is C15H15F3N3. The van der Waals surface area contributed by atoms with E-state index in [2.05, 4.69) is 10.4 Å². The Morgan fingerprint density at radius 1 is 1.10 bits per heavy atom. The molecular weight excluding hydrogens is 279 g/mol. The first-order valence-corrected chi connectivity index (χ1v) is 6.89. The molecule has 0 N–H and O–H groups in total. The minimum atomic E-state index is -4.32. The van der Waals surface area contributed by atoms with Crippen LogP contribution < -0.4 is 5.32 Å². The summed E-state index contributed by atoms with van der Waals surface area (Å²) in [4.78, 5) is 0. The van der Waals surface area contributed by atoms with E-state index in [1.807, 2.05) is 10.9 Å². The highest BCUT2D eigenvalue weighted by molar-refractivity contribution is 5.62. The molecule has 0 unspecified atom stereocenters. The summed E-state index contributed by atoms with van der Waals surface area (Å²) in [5.41, 5.74) is 0.615. The van der Waals surface area contributed by atoms with Crippen molar-refractivity contribution in [3.05, 3.63) is 42.2 Å². The second kappa shape index (κ2) is 5.52. The summed E-state index contributed by atoms with van der Waals surface area (Å²) in [7, 11) is 0. The number of rotatable bonds is 2. The third kappa shape index (κ3) is 3.10.